The molecule has 5 rings (SSSR count). The van der Waals surface area contributed by atoms with E-state index in [-0.39, 0.29) is 23.1 Å². The van der Waals surface area contributed by atoms with Gasteiger partial charge in [0.15, 0.2) is 0 Å². The molecule has 0 unspecified atom stereocenters. The number of alkyl halides is 3. The number of nitrogens with zero attached hydrogens (tertiary/aromatic N) is 5. The van der Waals surface area contributed by atoms with Gasteiger partial charge in [0.25, 0.3) is 0 Å². The van der Waals surface area contributed by atoms with E-state index in [1.165, 1.54) is 64.7 Å². The number of piperidine rings is 1. The third-order valence-corrected chi connectivity index (χ3v) is 10.6. The summed E-state index contributed by atoms with van der Waals surface area (Å²) in [5, 5.41) is 6.08. The minimum absolute atomic E-state index is 0.113. The number of anilines is 3. The fourth-order valence-corrected chi connectivity index (χ4v) is 7.15. The monoisotopic (exact) mass is 746 g/mol. The molecule has 0 radical (unpaired) electrons. The predicted octanol–water partition coefficient (Wildman–Crippen LogP) is 9.96. The zero-order chi connectivity index (χ0) is 39.0. The predicted molar refractivity (Wildman–Crippen MR) is 214 cm³/mol. The summed E-state index contributed by atoms with van der Waals surface area (Å²) < 4.78 is 41.4. The van der Waals surface area contributed by atoms with Crippen molar-refractivity contribution in [3.8, 4) is 0 Å². The van der Waals surface area contributed by atoms with Crippen LogP contribution in [0, 0.1) is 18.3 Å². The van der Waals surface area contributed by atoms with Gasteiger partial charge in [0.2, 0.25) is 11.9 Å². The number of aromatic nitrogens is 2. The number of rotatable bonds is 18. The number of carbonyl (C=O) groups is 1. The lowest BCUT2D eigenvalue weighted by molar-refractivity contribution is -0.137. The fourth-order valence-electron chi connectivity index (χ4n) is 7.15. The Hall–Kier alpha value is -2.92. The van der Waals surface area contributed by atoms with E-state index in [0.717, 1.165) is 61.2 Å². The standard InChI is InChI=1S/C28H38F3N5O.C12H26N2.C2H6/c1-4-14-36(24(37)11-9-20-7-8-20)18-27(12-13-27)17-33-25-22(28(29,30)31)16-32-26(35-25)34-23-10-6-19(3)15-21(23)5-2;1-4-8-14(9-5-2)12-6-10-13(3)11-7-12;1-2/h6,10,15-16,20H,4-5,7-9,11-14,17-18H2,1-3H3,(H2,32,33,34,35);12H,4-11H2,1-3H3;1-2H3. The van der Waals surface area contributed by atoms with E-state index in [1.54, 1.807) is 0 Å². The lowest BCUT2D eigenvalue weighted by Crippen LogP contribution is -2.44. The van der Waals surface area contributed by atoms with Gasteiger partial charge >= 0.3 is 6.18 Å². The van der Waals surface area contributed by atoms with Gasteiger partial charge in [-0.2, -0.15) is 18.2 Å². The van der Waals surface area contributed by atoms with Crippen molar-refractivity contribution in [1.29, 1.82) is 0 Å². The van der Waals surface area contributed by atoms with E-state index in [2.05, 4.69) is 51.3 Å². The van der Waals surface area contributed by atoms with Crippen LogP contribution in [0.3, 0.4) is 0 Å². The van der Waals surface area contributed by atoms with Crippen LogP contribution >= 0.6 is 0 Å². The minimum atomic E-state index is -4.58. The average molecular weight is 746 g/mol. The average Bonchev–Trinajstić information content (AvgIpc) is 4.09. The maximum Gasteiger partial charge on any atom is 0.421 e. The Kier molecular flexibility index (Phi) is 18.3. The van der Waals surface area contributed by atoms with Gasteiger partial charge in [0.1, 0.15) is 11.4 Å². The molecular weight excluding hydrogens is 676 g/mol. The molecule has 1 amide bonds. The molecule has 2 N–H and O–H groups in total. The van der Waals surface area contributed by atoms with Crippen LogP contribution in [0.5, 0.6) is 0 Å². The Labute approximate surface area is 319 Å². The molecule has 3 aliphatic rings. The first-order valence-electron chi connectivity index (χ1n) is 20.6. The van der Waals surface area contributed by atoms with Crippen LogP contribution in [-0.4, -0.2) is 89.5 Å². The van der Waals surface area contributed by atoms with Crippen LogP contribution in [0.4, 0.5) is 30.6 Å². The molecule has 2 saturated carbocycles. The molecule has 1 saturated heterocycles. The highest BCUT2D eigenvalue weighted by molar-refractivity contribution is 5.76. The van der Waals surface area contributed by atoms with Gasteiger partial charge in [-0.25, -0.2) is 4.98 Å². The smallest absolute Gasteiger partial charge is 0.369 e. The van der Waals surface area contributed by atoms with Crippen LogP contribution in [0.25, 0.3) is 0 Å². The van der Waals surface area contributed by atoms with E-state index < -0.39 is 11.7 Å². The van der Waals surface area contributed by atoms with E-state index >= 15 is 0 Å². The molecule has 0 atom stereocenters. The minimum Gasteiger partial charge on any atom is -0.369 e. The summed E-state index contributed by atoms with van der Waals surface area (Å²) in [6.45, 7) is 21.4. The summed E-state index contributed by atoms with van der Waals surface area (Å²) in [5.41, 5.74) is 1.81. The van der Waals surface area contributed by atoms with Crippen molar-refractivity contribution in [3.05, 3.63) is 41.1 Å². The van der Waals surface area contributed by atoms with Crippen molar-refractivity contribution in [3.63, 3.8) is 0 Å². The molecule has 0 bridgehead atoms. The lowest BCUT2D eigenvalue weighted by Gasteiger charge is -2.37. The maximum absolute atomic E-state index is 13.8. The largest absolute Gasteiger partial charge is 0.421 e. The van der Waals surface area contributed by atoms with Gasteiger partial charge in [-0.15, -0.1) is 0 Å². The van der Waals surface area contributed by atoms with Crippen LogP contribution in [0.15, 0.2) is 24.4 Å². The zero-order valence-corrected chi connectivity index (χ0v) is 34.2. The summed E-state index contributed by atoms with van der Waals surface area (Å²) in [4.78, 5) is 28.1. The van der Waals surface area contributed by atoms with Gasteiger partial charge < -0.3 is 25.3 Å². The number of aryl methyl sites for hydroxylation is 2. The quantitative estimate of drug-likeness (QED) is 0.157. The van der Waals surface area contributed by atoms with Gasteiger partial charge in [0, 0.05) is 49.4 Å². The number of amides is 1. The van der Waals surface area contributed by atoms with E-state index in [9.17, 15) is 18.0 Å². The molecule has 1 aromatic heterocycles. The number of benzene rings is 1. The second-order valence-corrected chi connectivity index (χ2v) is 15.3. The van der Waals surface area contributed by atoms with E-state index in [4.69, 9.17) is 0 Å². The highest BCUT2D eigenvalue weighted by Crippen LogP contribution is 2.47. The third-order valence-electron chi connectivity index (χ3n) is 10.6. The molecule has 3 fully saturated rings. The Morgan fingerprint density at radius 1 is 0.981 bits per heavy atom. The van der Waals surface area contributed by atoms with Crippen molar-refractivity contribution in [2.45, 2.75) is 138 Å². The van der Waals surface area contributed by atoms with Crippen molar-refractivity contribution >= 4 is 23.4 Å². The molecule has 1 aromatic carbocycles. The highest BCUT2D eigenvalue weighted by atomic mass is 19.4. The number of hydrogen-bond acceptors (Lipinski definition) is 7. The topological polar surface area (TPSA) is 76.6 Å². The normalized spacial score (nSPS) is 17.0. The van der Waals surface area contributed by atoms with Crippen molar-refractivity contribution in [2.24, 2.45) is 11.3 Å². The molecule has 8 nitrogen and oxygen atoms in total. The number of nitrogens with one attached hydrogen (secondary N) is 2. The molecule has 0 spiro atoms. The number of hydrogen-bond donors (Lipinski definition) is 2. The second-order valence-electron chi connectivity index (χ2n) is 15.3. The van der Waals surface area contributed by atoms with Crippen LogP contribution < -0.4 is 10.6 Å². The molecular formula is C42H70F3N7O. The van der Waals surface area contributed by atoms with Gasteiger partial charge in [0.05, 0.1) is 0 Å². The van der Waals surface area contributed by atoms with Crippen molar-refractivity contribution in [2.75, 3.05) is 63.5 Å². The first-order valence-corrected chi connectivity index (χ1v) is 20.6. The van der Waals surface area contributed by atoms with E-state index in [0.29, 0.717) is 32.0 Å². The first kappa shape index (κ1) is 44.5. The molecule has 300 valence electrons. The molecule has 2 aromatic rings. The maximum atomic E-state index is 13.8. The SMILES string of the molecule is CC.CCCN(CC1(CNc2nc(Nc3ccc(C)cc3CC)ncc2C(F)(F)F)CC1)C(=O)CCC1CC1.CCCN(CCC)C1CCN(C)CC1. The second kappa shape index (κ2) is 21.8. The van der Waals surface area contributed by atoms with Crippen LogP contribution in [0.1, 0.15) is 129 Å². The lowest BCUT2D eigenvalue weighted by atomic mass is 10.0. The van der Waals surface area contributed by atoms with Crippen LogP contribution in [0.2, 0.25) is 0 Å². The summed E-state index contributed by atoms with van der Waals surface area (Å²) in [6, 6.07) is 6.74. The molecule has 11 heteroatoms. The van der Waals surface area contributed by atoms with Crippen molar-refractivity contribution in [1.82, 2.24) is 24.7 Å². The summed E-state index contributed by atoms with van der Waals surface area (Å²) in [5.74, 6) is 0.735. The highest BCUT2D eigenvalue weighted by Gasteiger charge is 2.45. The first-order chi connectivity index (χ1) is 25.4. The Balaban J connectivity index is 0.000000396. The van der Waals surface area contributed by atoms with Gasteiger partial charge in [-0.3, -0.25) is 4.79 Å². The molecule has 1 aliphatic heterocycles. The molecule has 53 heavy (non-hydrogen) atoms. The zero-order valence-electron chi connectivity index (χ0n) is 34.2. The summed E-state index contributed by atoms with van der Waals surface area (Å²) in [6.07, 6.45) is 8.90. The Morgan fingerprint density at radius 3 is 2.17 bits per heavy atom. The fraction of sp³-hybridized carbons (Fsp3) is 0.738. The summed E-state index contributed by atoms with van der Waals surface area (Å²) in [7, 11) is 2.24. The number of halogens is 3. The molecule has 2 aliphatic carbocycles. The number of likely N-dealkylation sites (tertiary alicyclic amines) is 1. The van der Waals surface area contributed by atoms with Gasteiger partial charge in [-0.1, -0.05) is 72.1 Å². The third kappa shape index (κ3) is 14.7. The van der Waals surface area contributed by atoms with E-state index in [1.807, 2.05) is 57.7 Å². The Morgan fingerprint density at radius 2 is 1.62 bits per heavy atom. The van der Waals surface area contributed by atoms with Crippen molar-refractivity contribution < 1.29 is 18.0 Å². The Bertz CT molecular complexity index is 1360. The van der Waals surface area contributed by atoms with Crippen LogP contribution in [-0.2, 0) is 17.4 Å². The summed E-state index contributed by atoms with van der Waals surface area (Å²) >= 11 is 0. The number of carbonyl (C=O) groups excluding carboxylic acids is 1. The van der Waals surface area contributed by atoms with Gasteiger partial charge in [-0.05, 0) is 115 Å². The molecule has 2 heterocycles.